The molecule has 1 aromatic carbocycles. The molecule has 0 saturated heterocycles. The highest BCUT2D eigenvalue weighted by molar-refractivity contribution is 8.00. The van der Waals surface area contributed by atoms with Crippen molar-refractivity contribution in [3.8, 4) is 6.07 Å². The van der Waals surface area contributed by atoms with Crippen molar-refractivity contribution < 1.29 is 14.3 Å². The van der Waals surface area contributed by atoms with Gasteiger partial charge in [-0.05, 0) is 31.5 Å². The Kier molecular flexibility index (Phi) is 5.28. The van der Waals surface area contributed by atoms with E-state index in [-0.39, 0.29) is 30.1 Å². The molecule has 1 unspecified atom stereocenters. The summed E-state index contributed by atoms with van der Waals surface area (Å²) in [5.74, 6) is 0.272. The molecule has 1 N–H and O–H groups in total. The van der Waals surface area contributed by atoms with Crippen molar-refractivity contribution in [1.29, 1.82) is 5.26 Å². The van der Waals surface area contributed by atoms with E-state index in [1.807, 2.05) is 19.1 Å². The first-order chi connectivity index (χ1) is 12.5. The van der Waals surface area contributed by atoms with Crippen molar-refractivity contribution in [2.24, 2.45) is 0 Å². The molecule has 3 rings (SSSR count). The van der Waals surface area contributed by atoms with Crippen LogP contribution in [0.3, 0.4) is 0 Å². The van der Waals surface area contributed by atoms with E-state index in [0.29, 0.717) is 11.4 Å². The lowest BCUT2D eigenvalue weighted by molar-refractivity contribution is -0.144. The number of nitrogens with zero attached hydrogens (tertiary/aromatic N) is 3. The Balaban J connectivity index is 2.03. The van der Waals surface area contributed by atoms with E-state index >= 15 is 0 Å². The predicted molar refractivity (Wildman–Crippen MR) is 97.7 cm³/mol. The Morgan fingerprint density at radius 3 is 2.85 bits per heavy atom. The van der Waals surface area contributed by atoms with Gasteiger partial charge in [-0.2, -0.15) is 10.4 Å². The number of nitrogens with one attached hydrogen (secondary N) is 1. The smallest absolute Gasteiger partial charge is 0.327 e. The molecule has 8 heteroatoms. The zero-order chi connectivity index (χ0) is 18.7. The molecule has 7 nitrogen and oxygen atoms in total. The fourth-order valence-electron chi connectivity index (χ4n) is 2.89. The third kappa shape index (κ3) is 3.58. The minimum atomic E-state index is -0.404. The van der Waals surface area contributed by atoms with Gasteiger partial charge in [-0.3, -0.25) is 9.59 Å². The topological polar surface area (TPSA) is 97.0 Å². The van der Waals surface area contributed by atoms with Gasteiger partial charge in [0.1, 0.15) is 12.4 Å². The number of thioether (sulfide) groups is 1. The van der Waals surface area contributed by atoms with Crippen molar-refractivity contribution in [2.75, 3.05) is 17.7 Å². The third-order valence-electron chi connectivity index (χ3n) is 4.00. The van der Waals surface area contributed by atoms with Crippen molar-refractivity contribution >= 4 is 29.5 Å². The maximum absolute atomic E-state index is 12.2. The molecule has 0 bridgehead atoms. The molecule has 0 saturated carbocycles. The zero-order valence-electron chi connectivity index (χ0n) is 14.5. The third-order valence-corrected chi connectivity index (χ3v) is 5.27. The first-order valence-electron chi connectivity index (χ1n) is 8.18. The monoisotopic (exact) mass is 370 g/mol. The standard InChI is InChI=1S/C18H18N4O3S/c1-3-25-15(24)9-22-18-16(11(2)21-22)17(26-10-14(23)20-18)13-6-4-12(8-19)5-7-13/h4-7,17H,3,9-10H2,1-2H3,(H,20,23). The SMILES string of the molecule is CCOC(=O)Cn1nc(C)c2c1NC(=O)CSC2c1ccc(C#N)cc1. The number of hydrogen-bond donors (Lipinski definition) is 1. The summed E-state index contributed by atoms with van der Waals surface area (Å²) in [6.45, 7) is 3.83. The highest BCUT2D eigenvalue weighted by Crippen LogP contribution is 2.43. The molecule has 2 heterocycles. The van der Waals surface area contributed by atoms with Gasteiger partial charge in [0, 0.05) is 5.56 Å². The summed E-state index contributed by atoms with van der Waals surface area (Å²) in [7, 11) is 0. The number of aryl methyl sites for hydroxylation is 1. The van der Waals surface area contributed by atoms with Crippen molar-refractivity contribution in [3.63, 3.8) is 0 Å². The fraction of sp³-hybridized carbons (Fsp3) is 0.333. The number of fused-ring (bicyclic) bond motifs is 1. The number of amides is 1. The van der Waals surface area contributed by atoms with Gasteiger partial charge >= 0.3 is 5.97 Å². The summed E-state index contributed by atoms with van der Waals surface area (Å²) >= 11 is 1.49. The average Bonchev–Trinajstić information content (AvgIpc) is 2.80. The Hall–Kier alpha value is -2.79. The Morgan fingerprint density at radius 2 is 2.19 bits per heavy atom. The van der Waals surface area contributed by atoms with Crippen LogP contribution in [0.15, 0.2) is 24.3 Å². The molecule has 1 aromatic heterocycles. The summed E-state index contributed by atoms with van der Waals surface area (Å²) in [6.07, 6.45) is 0. The van der Waals surface area contributed by atoms with E-state index < -0.39 is 5.97 Å². The minimum absolute atomic E-state index is 0.0605. The maximum Gasteiger partial charge on any atom is 0.327 e. The molecule has 0 fully saturated rings. The highest BCUT2D eigenvalue weighted by Gasteiger charge is 2.30. The van der Waals surface area contributed by atoms with Gasteiger partial charge in [-0.15, -0.1) is 11.8 Å². The van der Waals surface area contributed by atoms with Crippen molar-refractivity contribution in [1.82, 2.24) is 9.78 Å². The number of hydrogen-bond acceptors (Lipinski definition) is 6. The summed E-state index contributed by atoms with van der Waals surface area (Å²) < 4.78 is 6.48. The molecular weight excluding hydrogens is 352 g/mol. The number of esters is 1. The second-order valence-corrected chi connectivity index (χ2v) is 6.88. The molecule has 1 aliphatic rings. The van der Waals surface area contributed by atoms with Crippen LogP contribution >= 0.6 is 11.8 Å². The quantitative estimate of drug-likeness (QED) is 0.830. The summed E-state index contributed by atoms with van der Waals surface area (Å²) in [5, 5.41) is 16.2. The fourth-order valence-corrected chi connectivity index (χ4v) is 4.08. The van der Waals surface area contributed by atoms with Gasteiger partial charge in [0.15, 0.2) is 0 Å². The van der Waals surface area contributed by atoms with E-state index in [2.05, 4.69) is 16.5 Å². The number of benzene rings is 1. The van der Waals surface area contributed by atoms with Gasteiger partial charge < -0.3 is 10.1 Å². The van der Waals surface area contributed by atoms with Crippen LogP contribution in [0.2, 0.25) is 0 Å². The summed E-state index contributed by atoms with van der Waals surface area (Å²) in [5.41, 5.74) is 3.17. The van der Waals surface area contributed by atoms with E-state index in [1.165, 1.54) is 16.4 Å². The first kappa shape index (κ1) is 18.0. The number of carbonyl (C=O) groups is 2. The van der Waals surface area contributed by atoms with Crippen molar-refractivity contribution in [2.45, 2.75) is 25.6 Å². The van der Waals surface area contributed by atoms with E-state index in [0.717, 1.165) is 16.8 Å². The highest BCUT2D eigenvalue weighted by atomic mass is 32.2. The number of anilines is 1. The number of carbonyl (C=O) groups excluding carboxylic acids is 2. The summed E-state index contributed by atoms with van der Waals surface area (Å²) in [4.78, 5) is 24.0. The zero-order valence-corrected chi connectivity index (χ0v) is 15.3. The van der Waals surface area contributed by atoms with Crippen molar-refractivity contribution in [3.05, 3.63) is 46.6 Å². The molecule has 1 aliphatic heterocycles. The van der Waals surface area contributed by atoms with Crippen LogP contribution in [0, 0.1) is 18.3 Å². The Bertz CT molecular complexity index is 883. The lowest BCUT2D eigenvalue weighted by atomic mass is 10.0. The van der Waals surface area contributed by atoms with Gasteiger partial charge in [0.25, 0.3) is 0 Å². The van der Waals surface area contributed by atoms with Gasteiger partial charge in [0.2, 0.25) is 5.91 Å². The molecular formula is C18H18N4O3S. The predicted octanol–water partition coefficient (Wildman–Crippen LogP) is 2.40. The normalized spacial score (nSPS) is 16.2. The largest absolute Gasteiger partial charge is 0.465 e. The number of rotatable bonds is 4. The van der Waals surface area contributed by atoms with E-state index in [4.69, 9.17) is 10.00 Å². The number of nitriles is 1. The number of aromatic nitrogens is 2. The van der Waals surface area contributed by atoms with Crippen LogP contribution in [0.5, 0.6) is 0 Å². The van der Waals surface area contributed by atoms with E-state index in [1.54, 1.807) is 19.1 Å². The van der Waals surface area contributed by atoms with Gasteiger partial charge in [-0.1, -0.05) is 12.1 Å². The molecule has 0 radical (unpaired) electrons. The molecule has 134 valence electrons. The maximum atomic E-state index is 12.2. The number of ether oxygens (including phenoxy) is 1. The average molecular weight is 370 g/mol. The first-order valence-corrected chi connectivity index (χ1v) is 9.22. The second kappa shape index (κ2) is 7.62. The van der Waals surface area contributed by atoms with Crippen LogP contribution in [-0.2, 0) is 20.9 Å². The summed E-state index contributed by atoms with van der Waals surface area (Å²) in [6, 6.07) is 9.39. The van der Waals surface area contributed by atoms with Gasteiger partial charge in [-0.25, -0.2) is 4.68 Å². The molecule has 26 heavy (non-hydrogen) atoms. The molecule has 0 aliphatic carbocycles. The van der Waals surface area contributed by atoms with Crippen LogP contribution in [0.1, 0.15) is 34.6 Å². The molecule has 1 amide bonds. The Labute approximate surface area is 155 Å². The van der Waals surface area contributed by atoms with Gasteiger partial charge in [0.05, 0.1) is 34.9 Å². The Morgan fingerprint density at radius 1 is 1.46 bits per heavy atom. The van der Waals surface area contributed by atoms with Crippen LogP contribution in [0.25, 0.3) is 0 Å². The second-order valence-electron chi connectivity index (χ2n) is 5.78. The lowest BCUT2D eigenvalue weighted by Gasteiger charge is -2.15. The molecule has 0 spiro atoms. The minimum Gasteiger partial charge on any atom is -0.465 e. The van der Waals surface area contributed by atoms with E-state index in [9.17, 15) is 9.59 Å². The van der Waals surface area contributed by atoms with Crippen LogP contribution < -0.4 is 5.32 Å². The van der Waals surface area contributed by atoms with Crippen LogP contribution in [-0.4, -0.2) is 34.0 Å². The molecule has 1 atom stereocenters. The van der Waals surface area contributed by atoms with Crippen LogP contribution in [0.4, 0.5) is 5.82 Å². The molecule has 2 aromatic rings. The lowest BCUT2D eigenvalue weighted by Crippen LogP contribution is -2.20.